The second kappa shape index (κ2) is 5.63. The van der Waals surface area contributed by atoms with Crippen molar-refractivity contribution < 1.29 is 4.74 Å². The Morgan fingerprint density at radius 1 is 1.00 bits per heavy atom. The highest BCUT2D eigenvalue weighted by molar-refractivity contribution is 6.32. The molecule has 0 aliphatic rings. The molecule has 17 heavy (non-hydrogen) atoms. The predicted octanol–water partition coefficient (Wildman–Crippen LogP) is 5.52. The molecule has 0 unspecified atom stereocenters. The minimum absolute atomic E-state index is 0.428. The highest BCUT2D eigenvalue weighted by atomic mass is 35.5. The van der Waals surface area contributed by atoms with Crippen molar-refractivity contribution in [1.29, 1.82) is 0 Å². The van der Waals surface area contributed by atoms with Gasteiger partial charge in [-0.3, -0.25) is 0 Å². The number of rotatable bonds is 3. The van der Waals surface area contributed by atoms with Crippen LogP contribution in [0, 0.1) is 0 Å². The van der Waals surface area contributed by atoms with E-state index in [4.69, 9.17) is 39.5 Å². The van der Waals surface area contributed by atoms with Crippen molar-refractivity contribution in [3.63, 3.8) is 0 Å². The minimum Gasteiger partial charge on any atom is -0.456 e. The minimum atomic E-state index is 0.428. The normalized spacial score (nSPS) is 10.3. The van der Waals surface area contributed by atoms with Gasteiger partial charge < -0.3 is 4.74 Å². The van der Waals surface area contributed by atoms with E-state index < -0.39 is 0 Å². The maximum Gasteiger partial charge on any atom is 0.146 e. The first kappa shape index (κ1) is 12.6. The first-order chi connectivity index (χ1) is 8.19. The third-order valence-electron chi connectivity index (χ3n) is 2.17. The molecule has 0 bridgehead atoms. The standard InChI is InChI=1S/C13H9Cl3O/c14-8-9-4-5-13(12(16)6-9)17-11-3-1-2-10(15)7-11/h1-7H,8H2. The lowest BCUT2D eigenvalue weighted by Crippen LogP contribution is -1.86. The van der Waals surface area contributed by atoms with Gasteiger partial charge in [-0.2, -0.15) is 0 Å². The lowest BCUT2D eigenvalue weighted by atomic mass is 10.2. The molecule has 0 saturated heterocycles. The summed E-state index contributed by atoms with van der Waals surface area (Å²) in [5, 5.41) is 1.15. The maximum atomic E-state index is 6.08. The molecule has 0 aliphatic carbocycles. The molecule has 88 valence electrons. The molecule has 1 nitrogen and oxygen atoms in total. The summed E-state index contributed by atoms with van der Waals surface area (Å²) in [6.45, 7) is 0. The quantitative estimate of drug-likeness (QED) is 0.675. The van der Waals surface area contributed by atoms with Crippen LogP contribution >= 0.6 is 34.8 Å². The van der Waals surface area contributed by atoms with Crippen LogP contribution in [0.1, 0.15) is 5.56 Å². The van der Waals surface area contributed by atoms with Crippen molar-refractivity contribution in [2.45, 2.75) is 5.88 Å². The van der Waals surface area contributed by atoms with Gasteiger partial charge in [-0.1, -0.05) is 35.3 Å². The van der Waals surface area contributed by atoms with E-state index in [2.05, 4.69) is 0 Å². The molecule has 0 heterocycles. The van der Waals surface area contributed by atoms with Gasteiger partial charge in [0.05, 0.1) is 5.02 Å². The molecule has 2 aromatic carbocycles. The average Bonchev–Trinajstić information content (AvgIpc) is 2.32. The van der Waals surface area contributed by atoms with E-state index in [1.807, 2.05) is 18.2 Å². The van der Waals surface area contributed by atoms with Crippen molar-refractivity contribution >= 4 is 34.8 Å². The fourth-order valence-corrected chi connectivity index (χ4v) is 1.96. The summed E-state index contributed by atoms with van der Waals surface area (Å²) in [7, 11) is 0. The van der Waals surface area contributed by atoms with Crippen molar-refractivity contribution in [3.8, 4) is 11.5 Å². The summed E-state index contributed by atoms with van der Waals surface area (Å²) in [5.41, 5.74) is 0.954. The molecule has 2 aromatic rings. The zero-order valence-corrected chi connectivity index (χ0v) is 11.1. The van der Waals surface area contributed by atoms with Crippen LogP contribution in [0.5, 0.6) is 11.5 Å². The number of benzene rings is 2. The second-order valence-corrected chi connectivity index (χ2v) is 4.57. The van der Waals surface area contributed by atoms with Crippen molar-refractivity contribution in [2.24, 2.45) is 0 Å². The van der Waals surface area contributed by atoms with Crippen molar-refractivity contribution in [3.05, 3.63) is 58.1 Å². The van der Waals surface area contributed by atoms with Gasteiger partial charge in [0.2, 0.25) is 0 Å². The molecular formula is C13H9Cl3O. The van der Waals surface area contributed by atoms with E-state index in [1.54, 1.807) is 24.3 Å². The molecule has 0 N–H and O–H groups in total. The Hall–Kier alpha value is -0.890. The largest absolute Gasteiger partial charge is 0.456 e. The van der Waals surface area contributed by atoms with Crippen LogP contribution in [-0.4, -0.2) is 0 Å². The van der Waals surface area contributed by atoms with E-state index in [1.165, 1.54) is 0 Å². The van der Waals surface area contributed by atoms with Crippen LogP contribution in [0.25, 0.3) is 0 Å². The molecular weight excluding hydrogens is 279 g/mol. The molecule has 0 amide bonds. The van der Waals surface area contributed by atoms with Crippen LogP contribution in [0.4, 0.5) is 0 Å². The third kappa shape index (κ3) is 3.29. The third-order valence-corrected chi connectivity index (χ3v) is 3.01. The van der Waals surface area contributed by atoms with E-state index in [-0.39, 0.29) is 0 Å². The maximum absolute atomic E-state index is 6.08. The second-order valence-electron chi connectivity index (χ2n) is 3.46. The molecule has 0 atom stereocenters. The highest BCUT2D eigenvalue weighted by Gasteiger charge is 2.04. The molecule has 4 heteroatoms. The predicted molar refractivity (Wildman–Crippen MR) is 72.5 cm³/mol. The first-order valence-corrected chi connectivity index (χ1v) is 6.26. The molecule has 0 aliphatic heterocycles. The van der Waals surface area contributed by atoms with Gasteiger partial charge in [0.1, 0.15) is 11.5 Å². The molecule has 0 spiro atoms. The number of halogens is 3. The van der Waals surface area contributed by atoms with Crippen LogP contribution in [0.3, 0.4) is 0 Å². The Balaban J connectivity index is 2.24. The van der Waals surface area contributed by atoms with E-state index in [0.29, 0.717) is 27.4 Å². The SMILES string of the molecule is ClCc1ccc(Oc2cccc(Cl)c2)c(Cl)c1. The lowest BCUT2D eigenvalue weighted by Gasteiger charge is -2.08. The lowest BCUT2D eigenvalue weighted by molar-refractivity contribution is 0.483. The Morgan fingerprint density at radius 3 is 2.47 bits per heavy atom. The fourth-order valence-electron chi connectivity index (χ4n) is 1.37. The van der Waals surface area contributed by atoms with E-state index in [9.17, 15) is 0 Å². The summed E-state index contributed by atoms with van der Waals surface area (Å²) < 4.78 is 5.63. The molecule has 0 fully saturated rings. The molecule has 0 saturated carbocycles. The summed E-state index contributed by atoms with van der Waals surface area (Å²) in [6.07, 6.45) is 0. The van der Waals surface area contributed by atoms with Crippen molar-refractivity contribution in [2.75, 3.05) is 0 Å². The summed E-state index contributed by atoms with van der Waals surface area (Å²) >= 11 is 17.7. The number of alkyl halides is 1. The topological polar surface area (TPSA) is 9.23 Å². The van der Waals surface area contributed by atoms with Gasteiger partial charge in [-0.05, 0) is 35.9 Å². The van der Waals surface area contributed by atoms with Crippen LogP contribution in [0.2, 0.25) is 10.0 Å². The zero-order valence-electron chi connectivity index (χ0n) is 8.79. The first-order valence-electron chi connectivity index (χ1n) is 4.97. The Kier molecular flexibility index (Phi) is 4.16. The average molecular weight is 288 g/mol. The smallest absolute Gasteiger partial charge is 0.146 e. The zero-order chi connectivity index (χ0) is 12.3. The van der Waals surface area contributed by atoms with Crippen LogP contribution in [0.15, 0.2) is 42.5 Å². The molecule has 0 aromatic heterocycles. The van der Waals surface area contributed by atoms with E-state index >= 15 is 0 Å². The number of hydrogen-bond acceptors (Lipinski definition) is 1. The van der Waals surface area contributed by atoms with Crippen molar-refractivity contribution in [1.82, 2.24) is 0 Å². The van der Waals surface area contributed by atoms with Gasteiger partial charge >= 0.3 is 0 Å². The van der Waals surface area contributed by atoms with Gasteiger partial charge in [-0.15, -0.1) is 11.6 Å². The Labute approximate surface area is 115 Å². The molecule has 0 radical (unpaired) electrons. The number of ether oxygens (including phenoxy) is 1. The Morgan fingerprint density at radius 2 is 1.82 bits per heavy atom. The summed E-state index contributed by atoms with van der Waals surface area (Å²) in [5.74, 6) is 1.66. The highest BCUT2D eigenvalue weighted by Crippen LogP contribution is 2.31. The Bertz CT molecular complexity index is 526. The fraction of sp³-hybridized carbons (Fsp3) is 0.0769. The van der Waals surface area contributed by atoms with Gasteiger partial charge in [0, 0.05) is 10.9 Å². The van der Waals surface area contributed by atoms with Gasteiger partial charge in [0.25, 0.3) is 0 Å². The molecule has 2 rings (SSSR count). The van der Waals surface area contributed by atoms with E-state index in [0.717, 1.165) is 5.56 Å². The number of hydrogen-bond donors (Lipinski definition) is 0. The summed E-state index contributed by atoms with van der Waals surface area (Å²) in [4.78, 5) is 0. The monoisotopic (exact) mass is 286 g/mol. The van der Waals surface area contributed by atoms with Gasteiger partial charge in [-0.25, -0.2) is 0 Å². The summed E-state index contributed by atoms with van der Waals surface area (Å²) in [6, 6.07) is 12.6. The van der Waals surface area contributed by atoms with Gasteiger partial charge in [0.15, 0.2) is 0 Å². The van der Waals surface area contributed by atoms with Crippen LogP contribution in [-0.2, 0) is 5.88 Å². The van der Waals surface area contributed by atoms with Crippen LogP contribution < -0.4 is 4.74 Å².